The molecule has 0 heterocycles. The van der Waals surface area contributed by atoms with E-state index in [9.17, 15) is 19.8 Å². The van der Waals surface area contributed by atoms with Crippen molar-refractivity contribution in [1.82, 2.24) is 0 Å². The third-order valence-electron chi connectivity index (χ3n) is 3.49. The molecule has 0 aromatic carbocycles. The van der Waals surface area contributed by atoms with Crippen molar-refractivity contribution in [3.8, 4) is 0 Å². The van der Waals surface area contributed by atoms with Crippen LogP contribution in [-0.2, 0) is 19.1 Å². The van der Waals surface area contributed by atoms with E-state index in [1.807, 2.05) is 13.8 Å². The first-order valence-electron chi connectivity index (χ1n) is 8.24. The van der Waals surface area contributed by atoms with Crippen molar-refractivity contribution in [3.63, 3.8) is 0 Å². The van der Waals surface area contributed by atoms with Crippen LogP contribution in [0.4, 0.5) is 0 Å². The lowest BCUT2D eigenvalue weighted by atomic mass is 10.1. The van der Waals surface area contributed by atoms with E-state index in [0.29, 0.717) is 17.9 Å². The summed E-state index contributed by atoms with van der Waals surface area (Å²) in [5.41, 5.74) is 0. The summed E-state index contributed by atoms with van der Waals surface area (Å²) < 4.78 is 9.88. The molecular formula is C17H30O6S. The highest BCUT2D eigenvalue weighted by molar-refractivity contribution is 7.99. The van der Waals surface area contributed by atoms with Gasteiger partial charge < -0.3 is 19.7 Å². The SMILES string of the molecule is C/C=C(/O)C(C)CSCCC(=O)OCC(O)COC(=O)C(C)CC. The predicted octanol–water partition coefficient (Wildman–Crippen LogP) is 2.70. The fraction of sp³-hybridized carbons (Fsp3) is 0.765. The van der Waals surface area contributed by atoms with Crippen molar-refractivity contribution < 1.29 is 29.3 Å². The minimum Gasteiger partial charge on any atom is -0.512 e. The van der Waals surface area contributed by atoms with E-state index < -0.39 is 12.1 Å². The first kappa shape index (κ1) is 22.8. The maximum Gasteiger partial charge on any atom is 0.308 e. The fourth-order valence-electron chi connectivity index (χ4n) is 1.58. The molecule has 0 aromatic rings. The van der Waals surface area contributed by atoms with Crippen LogP contribution >= 0.6 is 11.8 Å². The number of carbonyl (C=O) groups excluding carboxylic acids is 2. The molecule has 0 aliphatic carbocycles. The van der Waals surface area contributed by atoms with Gasteiger partial charge in [0.25, 0.3) is 0 Å². The third-order valence-corrected chi connectivity index (χ3v) is 4.72. The molecule has 0 saturated heterocycles. The number of hydrogen-bond acceptors (Lipinski definition) is 7. The molecule has 0 aliphatic rings. The smallest absolute Gasteiger partial charge is 0.308 e. The molecule has 0 saturated carbocycles. The molecule has 6 nitrogen and oxygen atoms in total. The van der Waals surface area contributed by atoms with Gasteiger partial charge in [0.2, 0.25) is 0 Å². The van der Waals surface area contributed by atoms with Crippen molar-refractivity contribution in [2.24, 2.45) is 11.8 Å². The molecule has 0 radical (unpaired) electrons. The Balaban J connectivity index is 3.76. The van der Waals surface area contributed by atoms with Crippen molar-refractivity contribution >= 4 is 23.7 Å². The van der Waals surface area contributed by atoms with Crippen LogP contribution in [0, 0.1) is 11.8 Å². The highest BCUT2D eigenvalue weighted by atomic mass is 32.2. The largest absolute Gasteiger partial charge is 0.512 e. The number of carbonyl (C=O) groups is 2. The molecule has 0 amide bonds. The predicted molar refractivity (Wildman–Crippen MR) is 94.9 cm³/mol. The van der Waals surface area contributed by atoms with Crippen LogP contribution in [-0.4, -0.2) is 53.0 Å². The summed E-state index contributed by atoms with van der Waals surface area (Å²) in [7, 11) is 0. The number of hydrogen-bond donors (Lipinski definition) is 2. The van der Waals surface area contributed by atoms with Gasteiger partial charge in [-0.25, -0.2) is 0 Å². The molecule has 0 aliphatic heterocycles. The van der Waals surface area contributed by atoms with Gasteiger partial charge in [-0.2, -0.15) is 11.8 Å². The van der Waals surface area contributed by atoms with E-state index in [2.05, 4.69) is 0 Å². The summed E-state index contributed by atoms with van der Waals surface area (Å²) in [6.07, 6.45) is 1.55. The average Bonchev–Trinajstić information content (AvgIpc) is 2.59. The third kappa shape index (κ3) is 10.5. The van der Waals surface area contributed by atoms with E-state index in [1.165, 1.54) is 0 Å². The fourth-order valence-corrected chi connectivity index (χ4v) is 2.58. The number of rotatable bonds is 12. The van der Waals surface area contributed by atoms with Gasteiger partial charge in [0.15, 0.2) is 0 Å². The second-order valence-electron chi connectivity index (χ2n) is 5.72. The molecule has 7 heteroatoms. The summed E-state index contributed by atoms with van der Waals surface area (Å²) >= 11 is 1.55. The Kier molecular flexibility index (Phi) is 12.5. The lowest BCUT2D eigenvalue weighted by molar-refractivity contribution is -0.154. The number of ether oxygens (including phenoxy) is 2. The summed E-state index contributed by atoms with van der Waals surface area (Å²) in [5.74, 6) is 0.728. The number of aliphatic hydroxyl groups is 2. The topological polar surface area (TPSA) is 93.1 Å². The van der Waals surface area contributed by atoms with Gasteiger partial charge in [0.05, 0.1) is 18.1 Å². The number of allylic oxidation sites excluding steroid dienone is 2. The lowest BCUT2D eigenvalue weighted by Gasteiger charge is -2.14. The van der Waals surface area contributed by atoms with Crippen LogP contribution in [0.25, 0.3) is 0 Å². The van der Waals surface area contributed by atoms with Gasteiger partial charge >= 0.3 is 11.9 Å². The molecular weight excluding hydrogens is 332 g/mol. The Hall–Kier alpha value is -1.21. The highest BCUT2D eigenvalue weighted by Crippen LogP contribution is 2.15. The van der Waals surface area contributed by atoms with Gasteiger partial charge in [0, 0.05) is 17.4 Å². The van der Waals surface area contributed by atoms with Crippen molar-refractivity contribution in [2.45, 2.75) is 46.6 Å². The molecule has 3 unspecified atom stereocenters. The summed E-state index contributed by atoms with van der Waals surface area (Å²) in [6.45, 7) is 6.96. The van der Waals surface area contributed by atoms with Gasteiger partial charge in [-0.1, -0.05) is 20.8 Å². The summed E-state index contributed by atoms with van der Waals surface area (Å²) in [6, 6.07) is 0. The zero-order valence-corrected chi connectivity index (χ0v) is 15.8. The summed E-state index contributed by atoms with van der Waals surface area (Å²) in [5, 5.41) is 19.2. The van der Waals surface area contributed by atoms with E-state index in [4.69, 9.17) is 9.47 Å². The molecule has 0 bridgehead atoms. The normalized spacial score (nSPS) is 15.5. The Labute approximate surface area is 148 Å². The molecule has 2 N–H and O–H groups in total. The van der Waals surface area contributed by atoms with E-state index in [-0.39, 0.29) is 37.4 Å². The van der Waals surface area contributed by atoms with Gasteiger partial charge in [-0.05, 0) is 19.4 Å². The monoisotopic (exact) mass is 362 g/mol. The molecule has 140 valence electrons. The van der Waals surface area contributed by atoms with Gasteiger partial charge in [0.1, 0.15) is 19.3 Å². The molecule has 0 rings (SSSR count). The number of esters is 2. The Bertz CT molecular complexity index is 410. The second-order valence-corrected chi connectivity index (χ2v) is 6.87. The lowest BCUT2D eigenvalue weighted by Crippen LogP contribution is -2.27. The first-order chi connectivity index (χ1) is 11.3. The van der Waals surface area contributed by atoms with Crippen molar-refractivity contribution in [3.05, 3.63) is 11.8 Å². The molecule has 0 aromatic heterocycles. The average molecular weight is 362 g/mol. The van der Waals surface area contributed by atoms with Gasteiger partial charge in [-0.3, -0.25) is 9.59 Å². The van der Waals surface area contributed by atoms with Crippen molar-refractivity contribution in [2.75, 3.05) is 24.7 Å². The Morgan fingerprint density at radius 2 is 1.79 bits per heavy atom. The maximum absolute atomic E-state index is 11.6. The maximum atomic E-state index is 11.6. The Morgan fingerprint density at radius 3 is 2.38 bits per heavy atom. The van der Waals surface area contributed by atoms with Crippen LogP contribution in [0.5, 0.6) is 0 Å². The van der Waals surface area contributed by atoms with Crippen LogP contribution in [0.1, 0.15) is 40.5 Å². The van der Waals surface area contributed by atoms with Crippen LogP contribution < -0.4 is 0 Å². The van der Waals surface area contributed by atoms with E-state index in [0.717, 1.165) is 5.75 Å². The van der Waals surface area contributed by atoms with Crippen LogP contribution in [0.2, 0.25) is 0 Å². The van der Waals surface area contributed by atoms with Crippen LogP contribution in [0.15, 0.2) is 11.8 Å². The number of thioether (sulfide) groups is 1. The Morgan fingerprint density at radius 1 is 1.17 bits per heavy atom. The summed E-state index contributed by atoms with van der Waals surface area (Å²) in [4.78, 5) is 23.0. The second kappa shape index (κ2) is 13.1. The first-order valence-corrected chi connectivity index (χ1v) is 9.40. The van der Waals surface area contributed by atoms with Gasteiger partial charge in [-0.15, -0.1) is 0 Å². The molecule has 24 heavy (non-hydrogen) atoms. The molecule has 0 fully saturated rings. The standard InChI is InChI=1S/C17H30O6S/c1-5-12(3)17(21)23-10-14(18)9-22-16(20)7-8-24-11-13(4)15(19)6-2/h6,12-14,18-19H,5,7-11H2,1-4H3/b15-6+. The zero-order chi connectivity index (χ0) is 18.5. The van der Waals surface area contributed by atoms with E-state index >= 15 is 0 Å². The quantitative estimate of drug-likeness (QED) is 0.313. The zero-order valence-electron chi connectivity index (χ0n) is 15.0. The number of aliphatic hydroxyl groups excluding tert-OH is 2. The van der Waals surface area contributed by atoms with Crippen molar-refractivity contribution in [1.29, 1.82) is 0 Å². The van der Waals surface area contributed by atoms with E-state index in [1.54, 1.807) is 31.7 Å². The minimum absolute atomic E-state index is 0.0537. The highest BCUT2D eigenvalue weighted by Gasteiger charge is 2.15. The molecule has 0 spiro atoms. The van der Waals surface area contributed by atoms with Crippen LogP contribution in [0.3, 0.4) is 0 Å². The molecule has 3 atom stereocenters. The minimum atomic E-state index is -1.01.